The van der Waals surface area contributed by atoms with Gasteiger partial charge in [-0.2, -0.15) is 0 Å². The minimum absolute atomic E-state index is 0.0163. The summed E-state index contributed by atoms with van der Waals surface area (Å²) in [6, 6.07) is 5.01. The van der Waals surface area contributed by atoms with E-state index >= 15 is 0 Å². The summed E-state index contributed by atoms with van der Waals surface area (Å²) in [5.74, 6) is -0.0350. The molecule has 9 nitrogen and oxygen atoms in total. The van der Waals surface area contributed by atoms with Gasteiger partial charge >= 0.3 is 12.0 Å². The molecule has 2 aromatic heterocycles. The maximum absolute atomic E-state index is 12.2. The Bertz CT molecular complexity index is 998. The van der Waals surface area contributed by atoms with Gasteiger partial charge in [-0.05, 0) is 24.6 Å². The number of carbonyl (C=O) groups excluding carboxylic acids is 2. The second kappa shape index (κ2) is 7.90. The number of hydrogen-bond donors (Lipinski definition) is 3. The minimum atomic E-state index is -0.341. The predicted molar refractivity (Wildman–Crippen MR) is 103 cm³/mol. The molecular weight excluding hydrogens is 348 g/mol. The number of esters is 1. The first-order valence-corrected chi connectivity index (χ1v) is 8.72. The minimum Gasteiger partial charge on any atom is -0.464 e. The molecule has 0 aliphatic heterocycles. The average Bonchev–Trinajstić information content (AvgIpc) is 2.96. The number of unbranched alkanes of at least 4 members (excludes halogenated alkanes) is 1. The summed E-state index contributed by atoms with van der Waals surface area (Å²) in [6.07, 6.45) is 3.13. The summed E-state index contributed by atoms with van der Waals surface area (Å²) in [6.45, 7) is 2.44. The number of carbonyl (C=O) groups is 2. The highest BCUT2D eigenvalue weighted by Gasteiger charge is 2.18. The Morgan fingerprint density at radius 1 is 1.30 bits per heavy atom. The van der Waals surface area contributed by atoms with Crippen LogP contribution in [0.2, 0.25) is 0 Å². The Labute approximate surface area is 155 Å². The fourth-order valence-corrected chi connectivity index (χ4v) is 2.87. The molecule has 0 aliphatic rings. The number of rotatable bonds is 6. The van der Waals surface area contributed by atoms with Gasteiger partial charge in [-0.15, -0.1) is 0 Å². The first-order valence-electron chi connectivity index (χ1n) is 8.72. The summed E-state index contributed by atoms with van der Waals surface area (Å²) in [4.78, 5) is 32.2. The molecule has 0 saturated carbocycles. The highest BCUT2D eigenvalue weighted by molar-refractivity contribution is 6.13. The summed E-state index contributed by atoms with van der Waals surface area (Å²) in [7, 11) is 1.54. The number of anilines is 2. The second-order valence-electron chi connectivity index (χ2n) is 6.05. The zero-order valence-electron chi connectivity index (χ0n) is 15.3. The lowest BCUT2D eigenvalue weighted by atomic mass is 10.2. The maximum atomic E-state index is 12.2. The molecule has 3 aromatic rings. The third-order valence-electron chi connectivity index (χ3n) is 4.20. The third kappa shape index (κ3) is 3.76. The van der Waals surface area contributed by atoms with Crippen LogP contribution in [0.1, 0.15) is 19.8 Å². The number of ether oxygens (including phenoxy) is 1. The molecule has 2 heterocycles. The molecule has 142 valence electrons. The zero-order valence-corrected chi connectivity index (χ0v) is 15.3. The standard InChI is InChI=1S/C18H22N6O3/c1-3-4-7-27-14(25)9-24-13-6-5-11(23-18(26)20-2)8-12(13)15-16(19)21-10-22-17(15)24/h5-6,8,10H,3-4,7,9H2,1-2H3,(H2,19,21,22)(H2,20,23,26). The van der Waals surface area contributed by atoms with Gasteiger partial charge in [0.25, 0.3) is 0 Å². The van der Waals surface area contributed by atoms with Crippen molar-refractivity contribution in [2.75, 3.05) is 24.7 Å². The quantitative estimate of drug-likeness (QED) is 0.452. The van der Waals surface area contributed by atoms with Crippen molar-refractivity contribution in [3.05, 3.63) is 24.5 Å². The van der Waals surface area contributed by atoms with Crippen molar-refractivity contribution >= 4 is 45.4 Å². The van der Waals surface area contributed by atoms with Crippen LogP contribution in [0.25, 0.3) is 21.9 Å². The second-order valence-corrected chi connectivity index (χ2v) is 6.05. The first kappa shape index (κ1) is 18.4. The summed E-state index contributed by atoms with van der Waals surface area (Å²) in [5, 5.41) is 6.60. The molecule has 0 atom stereocenters. The van der Waals surface area contributed by atoms with Gasteiger partial charge in [0.15, 0.2) is 0 Å². The van der Waals surface area contributed by atoms with E-state index in [0.29, 0.717) is 29.1 Å². The molecule has 4 N–H and O–H groups in total. The number of hydrogen-bond acceptors (Lipinski definition) is 6. The van der Waals surface area contributed by atoms with Gasteiger partial charge in [0.1, 0.15) is 24.3 Å². The highest BCUT2D eigenvalue weighted by Crippen LogP contribution is 2.32. The van der Waals surface area contributed by atoms with Gasteiger partial charge < -0.3 is 25.7 Å². The summed E-state index contributed by atoms with van der Waals surface area (Å²) in [5.41, 5.74) is 7.95. The topological polar surface area (TPSA) is 124 Å². The predicted octanol–water partition coefficient (Wildman–Crippen LogP) is 2.26. The van der Waals surface area contributed by atoms with Crippen LogP contribution in [-0.4, -0.2) is 40.2 Å². The molecule has 0 aliphatic carbocycles. The van der Waals surface area contributed by atoms with Crippen molar-refractivity contribution in [2.45, 2.75) is 26.3 Å². The number of nitrogens with zero attached hydrogens (tertiary/aromatic N) is 3. The number of urea groups is 1. The monoisotopic (exact) mass is 370 g/mol. The Morgan fingerprint density at radius 3 is 2.85 bits per heavy atom. The van der Waals surface area contributed by atoms with Gasteiger partial charge in [0, 0.05) is 18.1 Å². The molecule has 0 unspecified atom stereocenters. The van der Waals surface area contributed by atoms with Gasteiger partial charge in [0.2, 0.25) is 0 Å². The molecule has 2 amide bonds. The maximum Gasteiger partial charge on any atom is 0.326 e. The lowest BCUT2D eigenvalue weighted by Crippen LogP contribution is -2.24. The normalized spacial score (nSPS) is 10.9. The van der Waals surface area contributed by atoms with Crippen LogP contribution in [0, 0.1) is 0 Å². The third-order valence-corrected chi connectivity index (χ3v) is 4.20. The van der Waals surface area contributed by atoms with E-state index in [1.807, 2.05) is 6.92 Å². The number of nitrogens with two attached hydrogens (primary N) is 1. The van der Waals surface area contributed by atoms with E-state index in [1.165, 1.54) is 13.4 Å². The van der Waals surface area contributed by atoms with Crippen LogP contribution >= 0.6 is 0 Å². The fraction of sp³-hybridized carbons (Fsp3) is 0.333. The number of fused-ring (bicyclic) bond motifs is 3. The van der Waals surface area contributed by atoms with Gasteiger partial charge in [-0.25, -0.2) is 14.8 Å². The van der Waals surface area contributed by atoms with Gasteiger partial charge in [-0.3, -0.25) is 4.79 Å². The number of benzene rings is 1. The molecule has 9 heteroatoms. The van der Waals surface area contributed by atoms with Crippen LogP contribution in [0.4, 0.5) is 16.3 Å². The Hall–Kier alpha value is -3.36. The zero-order chi connectivity index (χ0) is 19.4. The smallest absolute Gasteiger partial charge is 0.326 e. The van der Waals surface area contributed by atoms with E-state index in [1.54, 1.807) is 22.8 Å². The lowest BCUT2D eigenvalue weighted by Gasteiger charge is -2.08. The first-order chi connectivity index (χ1) is 13.0. The molecular formula is C18H22N6O3. The molecule has 0 fully saturated rings. The van der Waals surface area contributed by atoms with Gasteiger partial charge in [0.05, 0.1) is 17.5 Å². The Kier molecular flexibility index (Phi) is 5.39. The molecule has 1 aromatic carbocycles. The summed E-state index contributed by atoms with van der Waals surface area (Å²) < 4.78 is 7.03. The Balaban J connectivity index is 2.05. The van der Waals surface area contributed by atoms with E-state index in [0.717, 1.165) is 23.7 Å². The molecule has 0 spiro atoms. The molecule has 0 radical (unpaired) electrons. The van der Waals surface area contributed by atoms with E-state index in [-0.39, 0.29) is 18.5 Å². The molecule has 0 bridgehead atoms. The van der Waals surface area contributed by atoms with Crippen molar-refractivity contribution in [2.24, 2.45) is 0 Å². The number of aromatic nitrogens is 3. The molecule has 0 saturated heterocycles. The van der Waals surface area contributed by atoms with Crippen LogP contribution in [0.15, 0.2) is 24.5 Å². The Morgan fingerprint density at radius 2 is 2.11 bits per heavy atom. The number of amides is 2. The summed E-state index contributed by atoms with van der Waals surface area (Å²) >= 11 is 0. The lowest BCUT2D eigenvalue weighted by molar-refractivity contribution is -0.144. The fourth-order valence-electron chi connectivity index (χ4n) is 2.87. The number of nitrogens with one attached hydrogen (secondary N) is 2. The van der Waals surface area contributed by atoms with Crippen molar-refractivity contribution < 1.29 is 14.3 Å². The van der Waals surface area contributed by atoms with E-state index in [4.69, 9.17) is 10.5 Å². The van der Waals surface area contributed by atoms with Crippen molar-refractivity contribution in [1.82, 2.24) is 19.9 Å². The van der Waals surface area contributed by atoms with Gasteiger partial charge in [-0.1, -0.05) is 13.3 Å². The van der Waals surface area contributed by atoms with E-state index in [9.17, 15) is 9.59 Å². The molecule has 3 rings (SSSR count). The SMILES string of the molecule is CCCCOC(=O)Cn1c2ccc(NC(=O)NC)cc2c2c(N)ncnc21. The average molecular weight is 370 g/mol. The number of nitrogen functional groups attached to an aromatic ring is 1. The van der Waals surface area contributed by atoms with E-state index in [2.05, 4.69) is 20.6 Å². The van der Waals surface area contributed by atoms with Crippen LogP contribution in [0.3, 0.4) is 0 Å². The van der Waals surface area contributed by atoms with Crippen molar-refractivity contribution in [3.8, 4) is 0 Å². The van der Waals surface area contributed by atoms with E-state index < -0.39 is 0 Å². The molecule has 27 heavy (non-hydrogen) atoms. The van der Waals surface area contributed by atoms with Crippen LogP contribution in [-0.2, 0) is 16.1 Å². The van der Waals surface area contributed by atoms with Crippen LogP contribution in [0.5, 0.6) is 0 Å². The van der Waals surface area contributed by atoms with Crippen molar-refractivity contribution in [1.29, 1.82) is 0 Å². The van der Waals surface area contributed by atoms with Crippen molar-refractivity contribution in [3.63, 3.8) is 0 Å². The highest BCUT2D eigenvalue weighted by atomic mass is 16.5. The largest absolute Gasteiger partial charge is 0.464 e. The van der Waals surface area contributed by atoms with Crippen LogP contribution < -0.4 is 16.4 Å².